The maximum atomic E-state index is 4.44. The van der Waals surface area contributed by atoms with Gasteiger partial charge in [-0.15, -0.1) is 5.10 Å². The Morgan fingerprint density at radius 2 is 2.04 bits per heavy atom. The zero-order valence-corrected chi connectivity index (χ0v) is 15.5. The number of nitrogens with zero attached hydrogens (tertiary/aromatic N) is 5. The third-order valence-corrected chi connectivity index (χ3v) is 5.06. The molecule has 1 atom stereocenters. The second-order valence-corrected chi connectivity index (χ2v) is 7.45. The van der Waals surface area contributed by atoms with E-state index in [0.29, 0.717) is 5.92 Å². The van der Waals surface area contributed by atoms with Crippen molar-refractivity contribution in [1.82, 2.24) is 29.9 Å². The Bertz CT molecular complexity index is 847. The first kappa shape index (κ1) is 17.0. The van der Waals surface area contributed by atoms with E-state index >= 15 is 0 Å². The van der Waals surface area contributed by atoms with Crippen molar-refractivity contribution in [1.29, 1.82) is 0 Å². The highest BCUT2D eigenvalue weighted by Crippen LogP contribution is 2.21. The second kappa shape index (κ2) is 7.41. The highest BCUT2D eigenvalue weighted by molar-refractivity contribution is 5.57. The molecule has 0 unspecified atom stereocenters. The highest BCUT2D eigenvalue weighted by atomic mass is 15.4. The van der Waals surface area contributed by atoms with Crippen molar-refractivity contribution in [3.63, 3.8) is 0 Å². The average Bonchev–Trinajstić information content (AvgIpc) is 3.25. The van der Waals surface area contributed by atoms with Gasteiger partial charge in [0.05, 0.1) is 12.7 Å². The molecule has 0 saturated carbocycles. The van der Waals surface area contributed by atoms with Crippen LogP contribution in [0.3, 0.4) is 0 Å². The summed E-state index contributed by atoms with van der Waals surface area (Å²) in [6.07, 6.45) is 6.44. The molecular weight excluding hydrogens is 324 g/mol. The van der Waals surface area contributed by atoms with Gasteiger partial charge in [0.1, 0.15) is 11.5 Å². The number of piperidine rings is 1. The van der Waals surface area contributed by atoms with Gasteiger partial charge in [0, 0.05) is 30.5 Å². The van der Waals surface area contributed by atoms with Crippen molar-refractivity contribution in [2.75, 3.05) is 13.1 Å². The standard InChI is InChI=1S/C20H26N6/c1-15-5-7-18(8-6-15)19-13-26(24-23-19)12-17-4-3-9-25(11-17)14-20-21-10-16(2)22-20/h5-8,10,13,17H,3-4,9,11-12,14H2,1-2H3,(H,21,22)/t17-/m1/s1. The van der Waals surface area contributed by atoms with Crippen LogP contribution in [0.25, 0.3) is 11.3 Å². The Hall–Kier alpha value is -2.47. The van der Waals surface area contributed by atoms with Gasteiger partial charge in [0.15, 0.2) is 0 Å². The summed E-state index contributed by atoms with van der Waals surface area (Å²) in [6, 6.07) is 8.45. The minimum atomic E-state index is 0.604. The molecule has 1 N–H and O–H groups in total. The summed E-state index contributed by atoms with van der Waals surface area (Å²) >= 11 is 0. The molecule has 1 saturated heterocycles. The molecule has 2 aromatic heterocycles. The van der Waals surface area contributed by atoms with Gasteiger partial charge < -0.3 is 4.98 Å². The summed E-state index contributed by atoms with van der Waals surface area (Å²) in [5.74, 6) is 1.66. The zero-order valence-electron chi connectivity index (χ0n) is 15.5. The number of H-pyrrole nitrogens is 1. The van der Waals surface area contributed by atoms with E-state index in [0.717, 1.165) is 49.0 Å². The SMILES string of the molecule is Cc1ccc(-c2cn(C[C@@H]3CCCN(Cc4ncc(C)[nH]4)C3)nn2)cc1. The Morgan fingerprint density at radius 3 is 2.81 bits per heavy atom. The summed E-state index contributed by atoms with van der Waals surface area (Å²) in [5, 5.41) is 8.71. The smallest absolute Gasteiger partial charge is 0.120 e. The molecule has 0 amide bonds. The largest absolute Gasteiger partial charge is 0.345 e. The molecule has 0 spiro atoms. The van der Waals surface area contributed by atoms with E-state index in [1.807, 2.05) is 17.8 Å². The van der Waals surface area contributed by atoms with Crippen LogP contribution in [-0.4, -0.2) is 43.0 Å². The Labute approximate surface area is 154 Å². The van der Waals surface area contributed by atoms with Gasteiger partial charge in [-0.25, -0.2) is 4.98 Å². The lowest BCUT2D eigenvalue weighted by Gasteiger charge is -2.31. The Balaban J connectivity index is 1.37. The third kappa shape index (κ3) is 4.02. The van der Waals surface area contributed by atoms with E-state index in [4.69, 9.17) is 0 Å². The molecule has 4 rings (SSSR count). The molecule has 3 heterocycles. The molecule has 0 aliphatic carbocycles. The van der Waals surface area contributed by atoms with E-state index in [2.05, 4.69) is 62.6 Å². The average molecular weight is 350 g/mol. The van der Waals surface area contributed by atoms with E-state index in [1.165, 1.54) is 18.4 Å². The summed E-state index contributed by atoms with van der Waals surface area (Å²) in [6.45, 7) is 8.19. The van der Waals surface area contributed by atoms with Gasteiger partial charge in [-0.1, -0.05) is 35.0 Å². The number of hydrogen-bond donors (Lipinski definition) is 1. The number of aromatic nitrogens is 5. The van der Waals surface area contributed by atoms with E-state index in [-0.39, 0.29) is 0 Å². The molecular formula is C20H26N6. The number of hydrogen-bond acceptors (Lipinski definition) is 4. The molecule has 6 heteroatoms. The Morgan fingerprint density at radius 1 is 1.19 bits per heavy atom. The van der Waals surface area contributed by atoms with Crippen LogP contribution in [0.1, 0.15) is 29.9 Å². The van der Waals surface area contributed by atoms with Crippen molar-refractivity contribution in [3.05, 3.63) is 53.7 Å². The molecule has 3 aromatic rings. The quantitative estimate of drug-likeness (QED) is 0.767. The fourth-order valence-corrected chi connectivity index (χ4v) is 3.71. The number of benzene rings is 1. The first-order valence-corrected chi connectivity index (χ1v) is 9.36. The van der Waals surface area contributed by atoms with Crippen LogP contribution in [0.4, 0.5) is 0 Å². The molecule has 6 nitrogen and oxygen atoms in total. The van der Waals surface area contributed by atoms with Crippen LogP contribution in [0.15, 0.2) is 36.7 Å². The summed E-state index contributed by atoms with van der Waals surface area (Å²) < 4.78 is 2.00. The monoisotopic (exact) mass is 350 g/mol. The van der Waals surface area contributed by atoms with E-state index < -0.39 is 0 Å². The fraction of sp³-hybridized carbons (Fsp3) is 0.450. The first-order chi connectivity index (χ1) is 12.7. The number of imidazole rings is 1. The van der Waals surface area contributed by atoms with Crippen molar-refractivity contribution in [2.24, 2.45) is 5.92 Å². The minimum Gasteiger partial charge on any atom is -0.345 e. The fourth-order valence-electron chi connectivity index (χ4n) is 3.71. The Kier molecular flexibility index (Phi) is 4.84. The summed E-state index contributed by atoms with van der Waals surface area (Å²) in [4.78, 5) is 10.3. The lowest BCUT2D eigenvalue weighted by Crippen LogP contribution is -2.36. The number of aryl methyl sites for hydroxylation is 2. The second-order valence-electron chi connectivity index (χ2n) is 7.45. The van der Waals surface area contributed by atoms with Crippen LogP contribution in [0.2, 0.25) is 0 Å². The zero-order chi connectivity index (χ0) is 17.9. The number of aromatic amines is 1. The van der Waals surface area contributed by atoms with Gasteiger partial charge in [0.2, 0.25) is 0 Å². The molecule has 1 aromatic carbocycles. The molecule has 0 radical (unpaired) electrons. The van der Waals surface area contributed by atoms with Crippen LogP contribution >= 0.6 is 0 Å². The third-order valence-electron chi connectivity index (χ3n) is 5.06. The maximum absolute atomic E-state index is 4.44. The van der Waals surface area contributed by atoms with E-state index in [9.17, 15) is 0 Å². The molecule has 136 valence electrons. The van der Waals surface area contributed by atoms with E-state index in [1.54, 1.807) is 0 Å². The van der Waals surface area contributed by atoms with Crippen LogP contribution in [-0.2, 0) is 13.1 Å². The van der Waals surface area contributed by atoms with Crippen LogP contribution in [0.5, 0.6) is 0 Å². The van der Waals surface area contributed by atoms with Crippen molar-refractivity contribution >= 4 is 0 Å². The van der Waals surface area contributed by atoms with Crippen molar-refractivity contribution in [2.45, 2.75) is 39.8 Å². The molecule has 1 aliphatic rings. The number of rotatable bonds is 5. The molecule has 1 fully saturated rings. The van der Waals surface area contributed by atoms with Gasteiger partial charge in [-0.3, -0.25) is 9.58 Å². The predicted octanol–water partition coefficient (Wildman–Crippen LogP) is 3.20. The lowest BCUT2D eigenvalue weighted by molar-refractivity contribution is 0.150. The topological polar surface area (TPSA) is 62.6 Å². The molecule has 1 aliphatic heterocycles. The van der Waals surface area contributed by atoms with Crippen molar-refractivity contribution < 1.29 is 0 Å². The van der Waals surface area contributed by atoms with Gasteiger partial charge in [-0.2, -0.15) is 0 Å². The van der Waals surface area contributed by atoms with Crippen molar-refractivity contribution in [3.8, 4) is 11.3 Å². The maximum Gasteiger partial charge on any atom is 0.120 e. The van der Waals surface area contributed by atoms with Gasteiger partial charge >= 0.3 is 0 Å². The van der Waals surface area contributed by atoms with Crippen LogP contribution < -0.4 is 0 Å². The highest BCUT2D eigenvalue weighted by Gasteiger charge is 2.21. The molecule has 0 bridgehead atoms. The van der Waals surface area contributed by atoms with Crippen LogP contribution in [0, 0.1) is 19.8 Å². The van der Waals surface area contributed by atoms with Gasteiger partial charge in [0.25, 0.3) is 0 Å². The normalized spacial score (nSPS) is 18.3. The number of nitrogens with one attached hydrogen (secondary N) is 1. The molecule has 26 heavy (non-hydrogen) atoms. The van der Waals surface area contributed by atoms with Gasteiger partial charge in [-0.05, 0) is 39.2 Å². The minimum absolute atomic E-state index is 0.604. The summed E-state index contributed by atoms with van der Waals surface area (Å²) in [5.41, 5.74) is 4.46. The summed E-state index contributed by atoms with van der Waals surface area (Å²) in [7, 11) is 0. The lowest BCUT2D eigenvalue weighted by atomic mass is 9.98. The predicted molar refractivity (Wildman–Crippen MR) is 102 cm³/mol. The first-order valence-electron chi connectivity index (χ1n) is 9.36. The number of likely N-dealkylation sites (tertiary alicyclic amines) is 1.